The summed E-state index contributed by atoms with van der Waals surface area (Å²) in [6, 6.07) is 5.35. The van der Waals surface area contributed by atoms with Gasteiger partial charge < -0.3 is 20.3 Å². The molecule has 0 aliphatic carbocycles. The van der Waals surface area contributed by atoms with E-state index in [1.165, 1.54) is 0 Å². The van der Waals surface area contributed by atoms with Crippen molar-refractivity contribution in [1.82, 2.24) is 0 Å². The van der Waals surface area contributed by atoms with Gasteiger partial charge in [0.25, 0.3) is 0 Å². The predicted octanol–water partition coefficient (Wildman–Crippen LogP) is 2.64. The van der Waals surface area contributed by atoms with Crippen LogP contribution in [-0.2, 0) is 4.74 Å². The number of benzene rings is 1. The molecule has 1 aliphatic heterocycles. The fourth-order valence-corrected chi connectivity index (χ4v) is 2.41. The molecule has 3 N–H and O–H groups in total. The third-order valence-electron chi connectivity index (χ3n) is 3.46. The van der Waals surface area contributed by atoms with Crippen molar-refractivity contribution in [2.45, 2.75) is 25.8 Å². The lowest BCUT2D eigenvalue weighted by atomic mass is 9.87. The number of nitrogens with two attached hydrogens (primary N) is 1. The molecule has 108 valence electrons. The minimum absolute atomic E-state index is 0. The summed E-state index contributed by atoms with van der Waals surface area (Å²) in [6.07, 6.45) is 1.89. The van der Waals surface area contributed by atoms with Crippen LogP contribution in [0.15, 0.2) is 18.2 Å². The van der Waals surface area contributed by atoms with Crippen molar-refractivity contribution in [2.24, 2.45) is 11.7 Å². The molecule has 19 heavy (non-hydrogen) atoms. The Bertz CT molecular complexity index is 394. The fourth-order valence-electron chi connectivity index (χ4n) is 2.41. The summed E-state index contributed by atoms with van der Waals surface area (Å²) in [7, 11) is 0. The maximum absolute atomic E-state index is 10.2. The molecule has 5 heteroatoms. The van der Waals surface area contributed by atoms with E-state index in [9.17, 15) is 5.11 Å². The van der Waals surface area contributed by atoms with E-state index < -0.39 is 0 Å². The zero-order valence-electron chi connectivity index (χ0n) is 11.2. The molecule has 1 fully saturated rings. The topological polar surface area (TPSA) is 64.7 Å². The second kappa shape index (κ2) is 7.58. The first-order chi connectivity index (χ1) is 8.74. The van der Waals surface area contributed by atoms with E-state index in [0.717, 1.165) is 31.6 Å². The molecule has 0 amide bonds. The highest BCUT2D eigenvalue weighted by Gasteiger charge is 2.25. The average molecular weight is 288 g/mol. The van der Waals surface area contributed by atoms with Gasteiger partial charge in [0.2, 0.25) is 0 Å². The maximum Gasteiger partial charge on any atom is 0.162 e. The van der Waals surface area contributed by atoms with Crippen LogP contribution in [-0.4, -0.2) is 24.9 Å². The summed E-state index contributed by atoms with van der Waals surface area (Å²) in [4.78, 5) is 0. The summed E-state index contributed by atoms with van der Waals surface area (Å²) >= 11 is 0. The van der Waals surface area contributed by atoms with Gasteiger partial charge in [-0.1, -0.05) is 12.1 Å². The first-order valence-electron chi connectivity index (χ1n) is 6.52. The Balaban J connectivity index is 0.00000180. The second-order valence-electron chi connectivity index (χ2n) is 4.60. The highest BCUT2D eigenvalue weighted by Crippen LogP contribution is 2.37. The molecular formula is C14H22ClNO3. The number of hydrogen-bond donors (Lipinski definition) is 2. The Morgan fingerprint density at radius 1 is 1.42 bits per heavy atom. The molecule has 0 aromatic heterocycles. The van der Waals surface area contributed by atoms with Gasteiger partial charge in [-0.15, -0.1) is 12.4 Å². The lowest BCUT2D eigenvalue weighted by molar-refractivity contribution is 0.0580. The van der Waals surface area contributed by atoms with E-state index in [4.69, 9.17) is 15.2 Å². The monoisotopic (exact) mass is 287 g/mol. The van der Waals surface area contributed by atoms with E-state index >= 15 is 0 Å². The molecule has 0 radical (unpaired) electrons. The van der Waals surface area contributed by atoms with Gasteiger partial charge in [0.05, 0.1) is 6.61 Å². The van der Waals surface area contributed by atoms with Gasteiger partial charge in [-0.25, -0.2) is 0 Å². The van der Waals surface area contributed by atoms with Crippen LogP contribution in [0.5, 0.6) is 11.5 Å². The Kier molecular flexibility index (Phi) is 6.42. The first kappa shape index (κ1) is 16.1. The smallest absolute Gasteiger partial charge is 0.162 e. The normalized spacial score (nSPS) is 17.6. The third kappa shape index (κ3) is 3.75. The molecule has 1 atom stereocenters. The number of rotatable bonds is 4. The van der Waals surface area contributed by atoms with Crippen molar-refractivity contribution in [2.75, 3.05) is 19.8 Å². The number of ether oxygens (including phenoxy) is 2. The van der Waals surface area contributed by atoms with Crippen LogP contribution in [0.4, 0.5) is 0 Å². The van der Waals surface area contributed by atoms with Crippen LogP contribution >= 0.6 is 12.4 Å². The minimum Gasteiger partial charge on any atom is -0.504 e. The number of para-hydroxylation sites is 1. The predicted molar refractivity (Wildman–Crippen MR) is 77.0 cm³/mol. The van der Waals surface area contributed by atoms with Gasteiger partial charge in [0, 0.05) is 24.8 Å². The zero-order valence-corrected chi connectivity index (χ0v) is 12.0. The van der Waals surface area contributed by atoms with Crippen molar-refractivity contribution in [3.8, 4) is 11.5 Å². The van der Waals surface area contributed by atoms with E-state index in [2.05, 4.69) is 0 Å². The third-order valence-corrected chi connectivity index (χ3v) is 3.46. The van der Waals surface area contributed by atoms with Crippen molar-refractivity contribution in [3.05, 3.63) is 23.8 Å². The molecule has 0 bridgehead atoms. The van der Waals surface area contributed by atoms with Crippen LogP contribution in [0.2, 0.25) is 0 Å². The van der Waals surface area contributed by atoms with Gasteiger partial charge >= 0.3 is 0 Å². The maximum atomic E-state index is 10.2. The van der Waals surface area contributed by atoms with Crippen molar-refractivity contribution in [1.29, 1.82) is 0 Å². The molecule has 1 saturated heterocycles. The van der Waals surface area contributed by atoms with E-state index in [0.29, 0.717) is 18.3 Å². The molecule has 0 unspecified atom stereocenters. The lowest BCUT2D eigenvalue weighted by Gasteiger charge is -2.28. The SMILES string of the molecule is CCOc1cccc([C@@H](N)C2CCOCC2)c1O.Cl. The molecular weight excluding hydrogens is 266 g/mol. The summed E-state index contributed by atoms with van der Waals surface area (Å²) in [5.41, 5.74) is 7.04. The van der Waals surface area contributed by atoms with E-state index in [1.54, 1.807) is 6.07 Å². The fraction of sp³-hybridized carbons (Fsp3) is 0.571. The van der Waals surface area contributed by atoms with Crippen LogP contribution in [0, 0.1) is 5.92 Å². The Hall–Kier alpha value is -0.970. The molecule has 1 aliphatic rings. The quantitative estimate of drug-likeness (QED) is 0.893. The van der Waals surface area contributed by atoms with Gasteiger partial charge in [0.15, 0.2) is 11.5 Å². The van der Waals surface area contributed by atoms with Gasteiger partial charge in [-0.3, -0.25) is 0 Å². The number of hydrogen-bond acceptors (Lipinski definition) is 4. The van der Waals surface area contributed by atoms with Gasteiger partial charge in [0.1, 0.15) is 0 Å². The molecule has 0 saturated carbocycles. The Labute approximate surface area is 120 Å². The van der Waals surface area contributed by atoms with Crippen LogP contribution in [0.25, 0.3) is 0 Å². The highest BCUT2D eigenvalue weighted by atomic mass is 35.5. The highest BCUT2D eigenvalue weighted by molar-refractivity contribution is 5.85. The van der Waals surface area contributed by atoms with Crippen molar-refractivity contribution < 1.29 is 14.6 Å². The second-order valence-corrected chi connectivity index (χ2v) is 4.60. The molecule has 1 aromatic carbocycles. The van der Waals surface area contributed by atoms with Crippen molar-refractivity contribution in [3.63, 3.8) is 0 Å². The molecule has 0 spiro atoms. The van der Waals surface area contributed by atoms with Crippen molar-refractivity contribution >= 4 is 12.4 Å². The molecule has 2 rings (SSSR count). The summed E-state index contributed by atoms with van der Waals surface area (Å²) in [5, 5.41) is 10.2. The molecule has 1 aromatic rings. The zero-order chi connectivity index (χ0) is 13.0. The Morgan fingerprint density at radius 2 is 2.11 bits per heavy atom. The largest absolute Gasteiger partial charge is 0.504 e. The van der Waals surface area contributed by atoms with E-state index in [-0.39, 0.29) is 24.2 Å². The lowest BCUT2D eigenvalue weighted by Crippen LogP contribution is -2.27. The first-order valence-corrected chi connectivity index (χ1v) is 6.52. The number of halogens is 1. The van der Waals surface area contributed by atoms with Crippen LogP contribution in [0.3, 0.4) is 0 Å². The summed E-state index contributed by atoms with van der Waals surface area (Å²) in [6.45, 7) is 3.93. The number of phenolic OH excluding ortho intramolecular Hbond substituents is 1. The Morgan fingerprint density at radius 3 is 2.74 bits per heavy atom. The standard InChI is InChI=1S/C14H21NO3.ClH/c1-2-18-12-5-3-4-11(14(12)16)13(15)10-6-8-17-9-7-10;/h3-5,10,13,16H,2,6-9,15H2,1H3;1H/t13-;/m0./s1. The van der Waals surface area contributed by atoms with Gasteiger partial charge in [-0.05, 0) is 31.7 Å². The molecule has 1 heterocycles. The van der Waals surface area contributed by atoms with Crippen LogP contribution in [0.1, 0.15) is 31.4 Å². The number of aromatic hydroxyl groups is 1. The van der Waals surface area contributed by atoms with Crippen LogP contribution < -0.4 is 10.5 Å². The summed E-state index contributed by atoms with van der Waals surface area (Å²) in [5.74, 6) is 1.05. The van der Waals surface area contributed by atoms with Gasteiger partial charge in [-0.2, -0.15) is 0 Å². The van der Waals surface area contributed by atoms with E-state index in [1.807, 2.05) is 19.1 Å². The summed E-state index contributed by atoms with van der Waals surface area (Å²) < 4.78 is 10.7. The average Bonchev–Trinajstić information content (AvgIpc) is 2.42. The molecule has 4 nitrogen and oxygen atoms in total. The number of phenols is 1. The minimum atomic E-state index is -0.158.